The lowest BCUT2D eigenvalue weighted by Crippen LogP contribution is -2.17. The zero-order valence-electron chi connectivity index (χ0n) is 15.1. The molecular formula is C21H16ClN3O4. The van der Waals surface area contributed by atoms with E-state index in [1.165, 1.54) is 30.5 Å². The molecule has 0 fully saturated rings. The van der Waals surface area contributed by atoms with Gasteiger partial charge in [-0.25, -0.2) is 5.43 Å². The first-order chi connectivity index (χ1) is 14.0. The van der Waals surface area contributed by atoms with Crippen molar-refractivity contribution >= 4 is 29.4 Å². The quantitative estimate of drug-likeness (QED) is 0.351. The van der Waals surface area contributed by atoms with Crippen LogP contribution in [0.3, 0.4) is 0 Å². The maximum absolute atomic E-state index is 12.1. The van der Waals surface area contributed by atoms with Crippen molar-refractivity contribution in [3.05, 3.63) is 105 Å². The highest BCUT2D eigenvalue weighted by Crippen LogP contribution is 2.19. The first kappa shape index (κ1) is 20.0. The second-order valence-electron chi connectivity index (χ2n) is 5.96. The number of amides is 1. The molecule has 146 valence electrons. The molecule has 0 bridgehead atoms. The third-order valence-corrected chi connectivity index (χ3v) is 4.13. The normalized spacial score (nSPS) is 10.7. The van der Waals surface area contributed by atoms with Crippen molar-refractivity contribution in [1.82, 2.24) is 5.43 Å². The number of halogens is 1. The molecule has 0 atom stereocenters. The molecule has 1 N–H and O–H groups in total. The average molecular weight is 410 g/mol. The average Bonchev–Trinajstić information content (AvgIpc) is 2.73. The van der Waals surface area contributed by atoms with Crippen molar-refractivity contribution in [2.75, 3.05) is 0 Å². The number of nitro groups is 1. The molecule has 0 aliphatic heterocycles. The minimum Gasteiger partial charge on any atom is -0.488 e. The third-order valence-electron chi connectivity index (χ3n) is 3.89. The summed E-state index contributed by atoms with van der Waals surface area (Å²) in [5, 5.41) is 15.4. The van der Waals surface area contributed by atoms with E-state index in [0.29, 0.717) is 22.9 Å². The molecular weight excluding hydrogens is 394 g/mol. The number of nitro benzene ring substituents is 1. The molecule has 29 heavy (non-hydrogen) atoms. The highest BCUT2D eigenvalue weighted by atomic mass is 35.5. The van der Waals surface area contributed by atoms with Crippen LogP contribution in [0.15, 0.2) is 77.9 Å². The first-order valence-corrected chi connectivity index (χ1v) is 8.95. The first-order valence-electron chi connectivity index (χ1n) is 8.57. The molecule has 7 nitrogen and oxygen atoms in total. The van der Waals surface area contributed by atoms with Crippen molar-refractivity contribution in [2.24, 2.45) is 5.10 Å². The van der Waals surface area contributed by atoms with E-state index < -0.39 is 10.8 Å². The molecule has 0 aliphatic rings. The van der Waals surface area contributed by atoms with E-state index in [1.807, 2.05) is 30.3 Å². The van der Waals surface area contributed by atoms with E-state index in [9.17, 15) is 14.9 Å². The minimum absolute atomic E-state index is 0.141. The van der Waals surface area contributed by atoms with Crippen LogP contribution in [0.5, 0.6) is 5.75 Å². The van der Waals surface area contributed by atoms with Gasteiger partial charge in [-0.3, -0.25) is 14.9 Å². The van der Waals surface area contributed by atoms with Crippen molar-refractivity contribution in [3.63, 3.8) is 0 Å². The minimum atomic E-state index is -0.562. The summed E-state index contributed by atoms with van der Waals surface area (Å²) in [5.41, 5.74) is 3.91. The van der Waals surface area contributed by atoms with Crippen LogP contribution in [0, 0.1) is 10.1 Å². The number of benzene rings is 3. The van der Waals surface area contributed by atoms with Crippen LogP contribution in [0.25, 0.3) is 0 Å². The number of nitrogens with one attached hydrogen (secondary N) is 1. The third kappa shape index (κ3) is 5.63. The van der Waals surface area contributed by atoms with Gasteiger partial charge in [-0.15, -0.1) is 0 Å². The predicted molar refractivity (Wildman–Crippen MR) is 110 cm³/mol. The van der Waals surface area contributed by atoms with Gasteiger partial charge in [0.25, 0.3) is 11.6 Å². The summed E-state index contributed by atoms with van der Waals surface area (Å²) in [4.78, 5) is 22.4. The number of nitrogens with zero attached hydrogens (tertiary/aromatic N) is 2. The van der Waals surface area contributed by atoms with E-state index in [1.54, 1.807) is 18.2 Å². The molecule has 1 amide bonds. The van der Waals surface area contributed by atoms with Gasteiger partial charge in [0.2, 0.25) is 0 Å². The molecule has 0 aliphatic carbocycles. The number of hydrogen-bond acceptors (Lipinski definition) is 5. The standard InChI is InChI=1S/C21H16ClN3O4/c22-18-8-3-5-15(11-18)14-29-20-10-2-1-6-17(20)13-23-24-21(26)16-7-4-9-19(12-16)25(27)28/h1-13H,14H2,(H,24,26). The molecule has 0 heterocycles. The van der Waals surface area contributed by atoms with E-state index in [2.05, 4.69) is 10.5 Å². The van der Waals surface area contributed by atoms with Crippen LogP contribution >= 0.6 is 11.6 Å². The Bertz CT molecular complexity index is 1070. The van der Waals surface area contributed by atoms with Gasteiger partial charge in [-0.2, -0.15) is 5.10 Å². The van der Waals surface area contributed by atoms with Crippen LogP contribution in [-0.4, -0.2) is 17.0 Å². The lowest BCUT2D eigenvalue weighted by atomic mass is 10.2. The van der Waals surface area contributed by atoms with Crippen molar-refractivity contribution < 1.29 is 14.5 Å². The van der Waals surface area contributed by atoms with Crippen LogP contribution in [0.4, 0.5) is 5.69 Å². The summed E-state index contributed by atoms with van der Waals surface area (Å²) >= 11 is 5.98. The summed E-state index contributed by atoms with van der Waals surface area (Å²) in [5.74, 6) is 0.0306. The van der Waals surface area contributed by atoms with Crippen molar-refractivity contribution in [1.29, 1.82) is 0 Å². The summed E-state index contributed by atoms with van der Waals surface area (Å²) in [7, 11) is 0. The summed E-state index contributed by atoms with van der Waals surface area (Å²) in [6, 6.07) is 20.0. The number of hydrazone groups is 1. The maximum atomic E-state index is 12.1. The zero-order valence-corrected chi connectivity index (χ0v) is 15.9. The van der Waals surface area contributed by atoms with Gasteiger partial charge in [0.05, 0.1) is 11.1 Å². The molecule has 3 rings (SSSR count). The fourth-order valence-electron chi connectivity index (χ4n) is 2.49. The summed E-state index contributed by atoms with van der Waals surface area (Å²) in [6.07, 6.45) is 1.45. The second kappa shape index (κ2) is 9.48. The number of ether oxygens (including phenoxy) is 1. The van der Waals surface area contributed by atoms with Gasteiger partial charge in [-0.1, -0.05) is 41.9 Å². The van der Waals surface area contributed by atoms with E-state index in [-0.39, 0.29) is 11.3 Å². The van der Waals surface area contributed by atoms with E-state index in [0.717, 1.165) is 5.56 Å². The Kier molecular flexibility index (Phi) is 6.55. The van der Waals surface area contributed by atoms with Crippen molar-refractivity contribution in [3.8, 4) is 5.75 Å². The van der Waals surface area contributed by atoms with Crippen LogP contribution < -0.4 is 10.2 Å². The zero-order chi connectivity index (χ0) is 20.6. The topological polar surface area (TPSA) is 93.8 Å². The number of rotatable bonds is 7. The fourth-order valence-corrected chi connectivity index (χ4v) is 2.71. The predicted octanol–water partition coefficient (Wildman–Crippen LogP) is 4.59. The van der Waals surface area contributed by atoms with Crippen LogP contribution in [0.2, 0.25) is 5.02 Å². The summed E-state index contributed by atoms with van der Waals surface area (Å²) in [6.45, 7) is 0.325. The van der Waals surface area contributed by atoms with Gasteiger partial charge in [-0.05, 0) is 35.9 Å². The monoisotopic (exact) mass is 409 g/mol. The number of hydrogen-bond donors (Lipinski definition) is 1. The Balaban J connectivity index is 1.65. The van der Waals surface area contributed by atoms with Gasteiger partial charge >= 0.3 is 0 Å². The van der Waals surface area contributed by atoms with Gasteiger partial charge in [0, 0.05) is 28.3 Å². The smallest absolute Gasteiger partial charge is 0.271 e. The fraction of sp³-hybridized carbons (Fsp3) is 0.0476. The molecule has 3 aromatic carbocycles. The molecule has 3 aromatic rings. The molecule has 8 heteroatoms. The number of carbonyl (C=O) groups is 1. The van der Waals surface area contributed by atoms with Gasteiger partial charge in [0.1, 0.15) is 12.4 Å². The molecule has 0 radical (unpaired) electrons. The number of para-hydroxylation sites is 1. The van der Waals surface area contributed by atoms with E-state index in [4.69, 9.17) is 16.3 Å². The highest BCUT2D eigenvalue weighted by Gasteiger charge is 2.10. The number of carbonyl (C=O) groups excluding carboxylic acids is 1. The summed E-state index contributed by atoms with van der Waals surface area (Å²) < 4.78 is 5.82. The molecule has 0 spiro atoms. The Morgan fingerprint density at radius 2 is 1.90 bits per heavy atom. The van der Waals surface area contributed by atoms with E-state index >= 15 is 0 Å². The number of non-ortho nitro benzene ring substituents is 1. The van der Waals surface area contributed by atoms with Crippen LogP contribution in [-0.2, 0) is 6.61 Å². The Hall–Kier alpha value is -3.71. The highest BCUT2D eigenvalue weighted by molar-refractivity contribution is 6.30. The second-order valence-corrected chi connectivity index (χ2v) is 6.40. The Labute approximate surface area is 171 Å². The molecule has 0 unspecified atom stereocenters. The lowest BCUT2D eigenvalue weighted by Gasteiger charge is -2.09. The largest absolute Gasteiger partial charge is 0.488 e. The van der Waals surface area contributed by atoms with Gasteiger partial charge in [0.15, 0.2) is 0 Å². The van der Waals surface area contributed by atoms with Crippen LogP contribution in [0.1, 0.15) is 21.5 Å². The Morgan fingerprint density at radius 1 is 1.10 bits per heavy atom. The molecule has 0 aromatic heterocycles. The van der Waals surface area contributed by atoms with Crippen molar-refractivity contribution in [2.45, 2.75) is 6.61 Å². The maximum Gasteiger partial charge on any atom is 0.271 e. The van der Waals surface area contributed by atoms with Gasteiger partial charge < -0.3 is 4.74 Å². The molecule has 0 saturated carbocycles. The SMILES string of the molecule is O=C(NN=Cc1ccccc1OCc1cccc(Cl)c1)c1cccc([N+](=O)[O-])c1. The molecule has 0 saturated heterocycles. The Morgan fingerprint density at radius 3 is 2.69 bits per heavy atom. The lowest BCUT2D eigenvalue weighted by molar-refractivity contribution is -0.384.